The average Bonchev–Trinajstić information content (AvgIpc) is 2.67. The van der Waals surface area contributed by atoms with Gasteiger partial charge >= 0.3 is 0 Å². The summed E-state index contributed by atoms with van der Waals surface area (Å²) >= 11 is 0. The Morgan fingerprint density at radius 3 is 2.56 bits per heavy atom. The lowest BCUT2D eigenvalue weighted by atomic mass is 9.83. The molecule has 0 aliphatic rings. The fourth-order valence-electron chi connectivity index (χ4n) is 2.19. The number of hydrogen-bond acceptors (Lipinski definition) is 4. The van der Waals surface area contributed by atoms with Crippen LogP contribution < -0.4 is 11.3 Å². The molecule has 18 heavy (non-hydrogen) atoms. The Kier molecular flexibility index (Phi) is 5.31. The highest BCUT2D eigenvalue weighted by Crippen LogP contribution is 2.26. The van der Waals surface area contributed by atoms with Gasteiger partial charge in [0.15, 0.2) is 0 Å². The maximum absolute atomic E-state index is 5.87. The summed E-state index contributed by atoms with van der Waals surface area (Å²) in [4.78, 5) is 4.34. The minimum Gasteiger partial charge on any atom is -0.376 e. The Bertz CT molecular complexity index is 356. The maximum Gasteiger partial charge on any atom is 0.110 e. The first-order chi connectivity index (χ1) is 8.40. The number of nitrogens with two attached hydrogens (primary N) is 1. The predicted molar refractivity (Wildman–Crippen MR) is 72.9 cm³/mol. The molecule has 0 saturated carbocycles. The van der Waals surface area contributed by atoms with Gasteiger partial charge in [-0.2, -0.15) is 0 Å². The van der Waals surface area contributed by atoms with Crippen molar-refractivity contribution in [2.45, 2.75) is 46.3 Å². The molecule has 0 spiro atoms. The van der Waals surface area contributed by atoms with Crippen LogP contribution in [0.5, 0.6) is 0 Å². The van der Waals surface area contributed by atoms with Gasteiger partial charge in [-0.15, -0.1) is 0 Å². The summed E-state index contributed by atoms with van der Waals surface area (Å²) in [5.41, 5.74) is 2.91. The highest BCUT2D eigenvalue weighted by atomic mass is 16.5. The molecule has 3 N–H and O–H groups in total. The molecule has 0 amide bonds. The molecule has 1 heterocycles. The van der Waals surface area contributed by atoms with Crippen LogP contribution in [0, 0.1) is 5.41 Å². The smallest absolute Gasteiger partial charge is 0.110 e. The number of aryl methyl sites for hydroxylation is 1. The van der Waals surface area contributed by atoms with Gasteiger partial charge in [0.25, 0.3) is 0 Å². The van der Waals surface area contributed by atoms with E-state index in [1.54, 1.807) is 6.20 Å². The van der Waals surface area contributed by atoms with Gasteiger partial charge < -0.3 is 9.30 Å². The predicted octanol–water partition coefficient (Wildman–Crippen LogP) is 1.25. The lowest BCUT2D eigenvalue weighted by Gasteiger charge is -2.36. The van der Waals surface area contributed by atoms with Crippen molar-refractivity contribution >= 4 is 0 Å². The number of hydrazine groups is 1. The van der Waals surface area contributed by atoms with Gasteiger partial charge in [0.1, 0.15) is 5.82 Å². The fraction of sp³-hybridized carbons (Fsp3) is 0.769. The van der Waals surface area contributed by atoms with Crippen molar-refractivity contribution in [1.82, 2.24) is 15.0 Å². The van der Waals surface area contributed by atoms with Gasteiger partial charge in [-0.3, -0.25) is 11.3 Å². The zero-order valence-electron chi connectivity index (χ0n) is 12.1. The molecule has 0 aliphatic carbocycles. The van der Waals surface area contributed by atoms with Crippen LogP contribution >= 0.6 is 0 Å². The molecule has 0 radical (unpaired) electrons. The third kappa shape index (κ3) is 3.80. The lowest BCUT2D eigenvalue weighted by molar-refractivity contribution is -0.0360. The van der Waals surface area contributed by atoms with E-state index in [1.807, 2.05) is 24.7 Å². The van der Waals surface area contributed by atoms with Crippen molar-refractivity contribution in [1.29, 1.82) is 0 Å². The molecule has 5 nitrogen and oxygen atoms in total. The standard InChI is InChI=1S/C13H26N4O/c1-6-18-12(13(2,3)4)10(16-14)9-11-15-7-8-17(11)5/h7-8,10,12,16H,6,9,14H2,1-5H3. The monoisotopic (exact) mass is 254 g/mol. The quantitative estimate of drug-likeness (QED) is 0.592. The first kappa shape index (κ1) is 15.1. The Hall–Kier alpha value is -0.910. The number of imidazole rings is 1. The van der Waals surface area contributed by atoms with Crippen molar-refractivity contribution in [2.24, 2.45) is 18.3 Å². The first-order valence-corrected chi connectivity index (χ1v) is 6.44. The summed E-state index contributed by atoms with van der Waals surface area (Å²) in [6.45, 7) is 9.18. The van der Waals surface area contributed by atoms with Crippen LogP contribution in [-0.4, -0.2) is 28.3 Å². The van der Waals surface area contributed by atoms with Crippen molar-refractivity contribution in [3.05, 3.63) is 18.2 Å². The van der Waals surface area contributed by atoms with E-state index in [0.717, 1.165) is 12.2 Å². The second-order valence-corrected chi connectivity index (χ2v) is 5.67. The van der Waals surface area contributed by atoms with E-state index >= 15 is 0 Å². The van der Waals surface area contributed by atoms with E-state index in [9.17, 15) is 0 Å². The van der Waals surface area contributed by atoms with E-state index in [2.05, 4.69) is 31.2 Å². The normalized spacial score (nSPS) is 15.7. The molecule has 0 bridgehead atoms. The Morgan fingerprint density at radius 2 is 2.17 bits per heavy atom. The molecule has 5 heteroatoms. The highest BCUT2D eigenvalue weighted by Gasteiger charge is 2.33. The number of nitrogens with one attached hydrogen (secondary N) is 1. The van der Waals surface area contributed by atoms with Gasteiger partial charge in [0, 0.05) is 32.5 Å². The van der Waals surface area contributed by atoms with Gasteiger partial charge in [-0.05, 0) is 12.3 Å². The summed E-state index contributed by atoms with van der Waals surface area (Å²) in [6.07, 6.45) is 4.54. The largest absolute Gasteiger partial charge is 0.376 e. The van der Waals surface area contributed by atoms with E-state index in [4.69, 9.17) is 10.6 Å². The zero-order chi connectivity index (χ0) is 13.8. The van der Waals surface area contributed by atoms with E-state index in [1.165, 1.54) is 0 Å². The molecule has 104 valence electrons. The Morgan fingerprint density at radius 1 is 1.50 bits per heavy atom. The van der Waals surface area contributed by atoms with Crippen LogP contribution in [-0.2, 0) is 18.2 Å². The minimum atomic E-state index is 0.0260. The topological polar surface area (TPSA) is 65.1 Å². The van der Waals surface area contributed by atoms with Crippen LogP contribution in [0.2, 0.25) is 0 Å². The minimum absolute atomic E-state index is 0.0260. The van der Waals surface area contributed by atoms with E-state index in [0.29, 0.717) is 6.61 Å². The van der Waals surface area contributed by atoms with Crippen molar-refractivity contribution in [2.75, 3.05) is 6.61 Å². The molecule has 2 atom stereocenters. The number of hydrogen-bond donors (Lipinski definition) is 2. The molecule has 2 unspecified atom stereocenters. The number of ether oxygens (including phenoxy) is 1. The fourth-order valence-corrected chi connectivity index (χ4v) is 2.19. The second kappa shape index (κ2) is 6.31. The molecule has 0 saturated heterocycles. The van der Waals surface area contributed by atoms with Crippen LogP contribution in [0.3, 0.4) is 0 Å². The summed E-state index contributed by atoms with van der Waals surface area (Å²) in [6, 6.07) is 0.0473. The number of nitrogens with zero attached hydrogens (tertiary/aromatic N) is 2. The van der Waals surface area contributed by atoms with E-state index < -0.39 is 0 Å². The average molecular weight is 254 g/mol. The lowest BCUT2D eigenvalue weighted by Crippen LogP contribution is -2.52. The first-order valence-electron chi connectivity index (χ1n) is 6.44. The van der Waals surface area contributed by atoms with Gasteiger partial charge in [-0.25, -0.2) is 4.98 Å². The van der Waals surface area contributed by atoms with Gasteiger partial charge in [0.05, 0.1) is 12.1 Å². The zero-order valence-corrected chi connectivity index (χ0v) is 12.1. The third-order valence-corrected chi connectivity index (χ3v) is 3.10. The van der Waals surface area contributed by atoms with Crippen LogP contribution in [0.4, 0.5) is 0 Å². The van der Waals surface area contributed by atoms with Gasteiger partial charge in [-0.1, -0.05) is 20.8 Å². The second-order valence-electron chi connectivity index (χ2n) is 5.67. The molecular weight excluding hydrogens is 228 g/mol. The van der Waals surface area contributed by atoms with Crippen molar-refractivity contribution < 1.29 is 4.74 Å². The summed E-state index contributed by atoms with van der Waals surface area (Å²) in [7, 11) is 1.99. The molecule has 1 rings (SSSR count). The highest BCUT2D eigenvalue weighted by molar-refractivity contribution is 4.98. The summed E-state index contributed by atoms with van der Waals surface area (Å²) < 4.78 is 7.88. The van der Waals surface area contributed by atoms with Crippen LogP contribution in [0.1, 0.15) is 33.5 Å². The number of rotatable bonds is 6. The Balaban J connectivity index is 2.83. The van der Waals surface area contributed by atoms with Crippen molar-refractivity contribution in [3.8, 4) is 0 Å². The molecule has 0 aliphatic heterocycles. The van der Waals surface area contributed by atoms with E-state index in [-0.39, 0.29) is 17.6 Å². The Labute approximate surface area is 110 Å². The maximum atomic E-state index is 5.87. The summed E-state index contributed by atoms with van der Waals surface area (Å²) in [5, 5.41) is 0. The number of aromatic nitrogens is 2. The van der Waals surface area contributed by atoms with Gasteiger partial charge in [0.2, 0.25) is 0 Å². The molecule has 1 aromatic heterocycles. The molecule has 1 aromatic rings. The van der Waals surface area contributed by atoms with Crippen LogP contribution in [0.25, 0.3) is 0 Å². The SMILES string of the molecule is CCOC(C(Cc1nccn1C)NN)C(C)(C)C. The molecule has 0 aromatic carbocycles. The molecular formula is C13H26N4O. The van der Waals surface area contributed by atoms with Crippen molar-refractivity contribution in [3.63, 3.8) is 0 Å². The molecule has 0 fully saturated rings. The van der Waals surface area contributed by atoms with Crippen LogP contribution in [0.15, 0.2) is 12.4 Å². The summed E-state index contributed by atoms with van der Waals surface area (Å²) in [5.74, 6) is 6.71. The third-order valence-electron chi connectivity index (χ3n) is 3.10.